The van der Waals surface area contributed by atoms with E-state index in [1.165, 1.54) is 30.6 Å². The smallest absolute Gasteiger partial charge is 0.307 e. The van der Waals surface area contributed by atoms with Gasteiger partial charge in [-0.15, -0.1) is 11.3 Å². The maximum absolute atomic E-state index is 12.5. The van der Waals surface area contributed by atoms with Crippen LogP contribution in [-0.2, 0) is 18.3 Å². The molecule has 0 radical (unpaired) electrons. The first-order chi connectivity index (χ1) is 13.9. The molecule has 0 fully saturated rings. The van der Waals surface area contributed by atoms with Gasteiger partial charge in [-0.1, -0.05) is 29.8 Å². The number of aromatic amines is 1. The summed E-state index contributed by atoms with van der Waals surface area (Å²) in [5, 5.41) is 5.31. The van der Waals surface area contributed by atoms with E-state index in [0.717, 1.165) is 21.4 Å². The number of anilines is 1. The minimum absolute atomic E-state index is 0.113. The number of nitrogens with zero attached hydrogens (tertiary/aromatic N) is 3. The zero-order chi connectivity index (χ0) is 20.5. The van der Waals surface area contributed by atoms with E-state index in [2.05, 4.69) is 20.3 Å². The zero-order valence-corrected chi connectivity index (χ0v) is 16.5. The van der Waals surface area contributed by atoms with Gasteiger partial charge in [0.1, 0.15) is 0 Å². The van der Waals surface area contributed by atoms with Crippen molar-refractivity contribution in [2.24, 2.45) is 7.05 Å². The van der Waals surface area contributed by atoms with Crippen LogP contribution in [0.2, 0.25) is 0 Å². The van der Waals surface area contributed by atoms with Crippen LogP contribution in [0.3, 0.4) is 0 Å². The molecule has 3 heterocycles. The zero-order valence-electron chi connectivity index (χ0n) is 15.7. The molecule has 3 aromatic heterocycles. The molecular weight excluding hydrogens is 390 g/mol. The quantitative estimate of drug-likeness (QED) is 0.539. The molecule has 29 heavy (non-hydrogen) atoms. The van der Waals surface area contributed by atoms with E-state index in [1.807, 2.05) is 36.6 Å². The Morgan fingerprint density at radius 2 is 1.97 bits per heavy atom. The van der Waals surface area contributed by atoms with Gasteiger partial charge in [0.25, 0.3) is 5.56 Å². The summed E-state index contributed by atoms with van der Waals surface area (Å²) in [6.45, 7) is 2.01. The molecule has 4 aromatic rings. The summed E-state index contributed by atoms with van der Waals surface area (Å²) in [6, 6.07) is 9.50. The van der Waals surface area contributed by atoms with E-state index in [9.17, 15) is 14.4 Å². The molecule has 0 atom stereocenters. The Labute approximate surface area is 168 Å². The first kappa shape index (κ1) is 18.8. The Hall–Kier alpha value is -3.59. The molecular formula is C20H17N5O3S. The average molecular weight is 407 g/mol. The second-order valence-corrected chi connectivity index (χ2v) is 7.46. The van der Waals surface area contributed by atoms with Crippen LogP contribution in [0, 0.1) is 6.92 Å². The lowest BCUT2D eigenvalue weighted by Gasteiger charge is -2.06. The molecule has 2 N–H and O–H groups in total. The highest BCUT2D eigenvalue weighted by Crippen LogP contribution is 2.25. The van der Waals surface area contributed by atoms with E-state index in [4.69, 9.17) is 0 Å². The fourth-order valence-electron chi connectivity index (χ4n) is 2.94. The van der Waals surface area contributed by atoms with Gasteiger partial charge < -0.3 is 10.3 Å². The molecule has 0 aliphatic heterocycles. The first-order valence-corrected chi connectivity index (χ1v) is 9.69. The van der Waals surface area contributed by atoms with Gasteiger partial charge in [-0.05, 0) is 13.0 Å². The molecule has 0 aliphatic carbocycles. The summed E-state index contributed by atoms with van der Waals surface area (Å²) in [5.41, 5.74) is 2.55. The van der Waals surface area contributed by atoms with Crippen LogP contribution in [0.25, 0.3) is 22.2 Å². The number of H-pyrrole nitrogens is 1. The number of aromatic nitrogens is 4. The second-order valence-electron chi connectivity index (χ2n) is 6.60. The first-order valence-electron chi connectivity index (χ1n) is 8.81. The van der Waals surface area contributed by atoms with Crippen LogP contribution >= 0.6 is 11.3 Å². The highest BCUT2D eigenvalue weighted by Gasteiger charge is 2.15. The lowest BCUT2D eigenvalue weighted by atomic mass is 10.1. The molecule has 1 aromatic carbocycles. The molecule has 0 saturated heterocycles. The van der Waals surface area contributed by atoms with Gasteiger partial charge >= 0.3 is 5.69 Å². The van der Waals surface area contributed by atoms with Gasteiger partial charge in [0, 0.05) is 24.2 Å². The minimum atomic E-state index is -0.518. The van der Waals surface area contributed by atoms with Gasteiger partial charge in [0.2, 0.25) is 5.91 Å². The van der Waals surface area contributed by atoms with E-state index >= 15 is 0 Å². The minimum Gasteiger partial charge on any atom is -0.307 e. The number of rotatable bonds is 4. The third kappa shape index (κ3) is 3.72. The van der Waals surface area contributed by atoms with Crippen molar-refractivity contribution in [3.63, 3.8) is 0 Å². The van der Waals surface area contributed by atoms with Gasteiger partial charge in [-0.25, -0.2) is 9.78 Å². The molecule has 0 saturated carbocycles. The van der Waals surface area contributed by atoms with Crippen LogP contribution in [0.5, 0.6) is 0 Å². The van der Waals surface area contributed by atoms with Crippen LogP contribution in [-0.4, -0.2) is 25.4 Å². The predicted octanol–water partition coefficient (Wildman–Crippen LogP) is 2.23. The summed E-state index contributed by atoms with van der Waals surface area (Å²) in [4.78, 5) is 48.0. The van der Waals surface area contributed by atoms with E-state index in [-0.39, 0.29) is 17.7 Å². The molecule has 1 amide bonds. The number of hydrogen-bond acceptors (Lipinski definition) is 6. The third-order valence-corrected chi connectivity index (χ3v) is 5.28. The molecule has 4 rings (SSSR count). The van der Waals surface area contributed by atoms with Crippen LogP contribution in [0.1, 0.15) is 11.3 Å². The fourth-order valence-corrected chi connectivity index (χ4v) is 3.68. The number of aryl methyl sites for hydroxylation is 1. The number of amides is 1. The third-order valence-electron chi connectivity index (χ3n) is 4.52. The van der Waals surface area contributed by atoms with Gasteiger partial charge in [-0.3, -0.25) is 19.1 Å². The number of carbonyl (C=O) groups excluding carboxylic acids is 1. The number of carbonyl (C=O) groups is 1. The molecule has 0 bridgehead atoms. The number of benzene rings is 1. The number of hydrogen-bond donors (Lipinski definition) is 2. The monoisotopic (exact) mass is 407 g/mol. The SMILES string of the molecule is Cc1ccc(-c2csc(NC(=O)Cc3nccc4[nH]c(=O)n(C)c(=O)c34)n2)cc1. The summed E-state index contributed by atoms with van der Waals surface area (Å²) in [5.74, 6) is -0.344. The Bertz CT molecular complexity index is 1330. The number of pyridine rings is 1. The Balaban J connectivity index is 1.57. The molecule has 0 aliphatic rings. The van der Waals surface area contributed by atoms with Crippen molar-refractivity contribution in [3.05, 3.63) is 74.0 Å². The molecule has 0 unspecified atom stereocenters. The van der Waals surface area contributed by atoms with E-state index < -0.39 is 11.2 Å². The maximum Gasteiger partial charge on any atom is 0.328 e. The van der Waals surface area contributed by atoms with Crippen LogP contribution in [0.15, 0.2) is 51.5 Å². The fraction of sp³-hybridized carbons (Fsp3) is 0.150. The summed E-state index contributed by atoms with van der Waals surface area (Å²) >= 11 is 1.32. The lowest BCUT2D eigenvalue weighted by Crippen LogP contribution is -2.33. The highest BCUT2D eigenvalue weighted by molar-refractivity contribution is 7.14. The van der Waals surface area contributed by atoms with Crippen molar-refractivity contribution >= 4 is 33.3 Å². The van der Waals surface area contributed by atoms with Crippen molar-refractivity contribution in [1.82, 2.24) is 19.5 Å². The molecule has 9 heteroatoms. The van der Waals surface area contributed by atoms with Crippen LogP contribution < -0.4 is 16.6 Å². The Kier molecular flexibility index (Phi) is 4.81. The van der Waals surface area contributed by atoms with E-state index in [0.29, 0.717) is 16.3 Å². The van der Waals surface area contributed by atoms with Crippen molar-refractivity contribution in [2.45, 2.75) is 13.3 Å². The van der Waals surface area contributed by atoms with Gasteiger partial charge in [0.05, 0.1) is 28.7 Å². The normalized spacial score (nSPS) is 11.0. The van der Waals surface area contributed by atoms with Gasteiger partial charge in [0.15, 0.2) is 5.13 Å². The maximum atomic E-state index is 12.5. The Morgan fingerprint density at radius 3 is 2.72 bits per heavy atom. The van der Waals surface area contributed by atoms with Crippen molar-refractivity contribution in [2.75, 3.05) is 5.32 Å². The highest BCUT2D eigenvalue weighted by atomic mass is 32.1. The number of fused-ring (bicyclic) bond motifs is 1. The standard InChI is InChI=1S/C20H17N5O3S/c1-11-3-5-12(6-4-11)15-10-29-19(22-15)24-16(26)9-14-17-13(7-8-21-14)23-20(28)25(2)18(17)27/h3-8,10H,9H2,1-2H3,(H,23,28)(H,22,24,26). The summed E-state index contributed by atoms with van der Waals surface area (Å²) in [7, 11) is 1.37. The van der Waals surface area contributed by atoms with Gasteiger partial charge in [-0.2, -0.15) is 0 Å². The average Bonchev–Trinajstić information content (AvgIpc) is 3.15. The Morgan fingerprint density at radius 1 is 1.21 bits per heavy atom. The second kappa shape index (κ2) is 7.44. The van der Waals surface area contributed by atoms with E-state index in [1.54, 1.807) is 0 Å². The largest absolute Gasteiger partial charge is 0.328 e. The van der Waals surface area contributed by atoms with Crippen molar-refractivity contribution < 1.29 is 4.79 Å². The molecule has 0 spiro atoms. The summed E-state index contributed by atoms with van der Waals surface area (Å²) in [6.07, 6.45) is 1.34. The van der Waals surface area contributed by atoms with Crippen molar-refractivity contribution in [3.8, 4) is 11.3 Å². The predicted molar refractivity (Wildman–Crippen MR) is 112 cm³/mol. The number of nitrogens with one attached hydrogen (secondary N) is 2. The lowest BCUT2D eigenvalue weighted by molar-refractivity contribution is -0.115. The molecule has 146 valence electrons. The number of thiazole rings is 1. The summed E-state index contributed by atoms with van der Waals surface area (Å²) < 4.78 is 0.958. The van der Waals surface area contributed by atoms with Crippen LogP contribution in [0.4, 0.5) is 5.13 Å². The topological polar surface area (TPSA) is 110 Å². The molecule has 8 nitrogen and oxygen atoms in total. The van der Waals surface area contributed by atoms with Crippen molar-refractivity contribution in [1.29, 1.82) is 0 Å².